The maximum Gasteiger partial charge on any atom is 0.264 e. The molecule has 1 atom stereocenters. The van der Waals surface area contributed by atoms with Crippen molar-refractivity contribution in [2.24, 2.45) is 10.1 Å². The van der Waals surface area contributed by atoms with Crippen molar-refractivity contribution < 1.29 is 8.42 Å². The van der Waals surface area contributed by atoms with Crippen LogP contribution in [-0.2, 0) is 10.0 Å². The van der Waals surface area contributed by atoms with Crippen molar-refractivity contribution in [1.29, 1.82) is 0 Å². The highest BCUT2D eigenvalue weighted by Gasteiger charge is 2.33. The lowest BCUT2D eigenvalue weighted by atomic mass is 9.92. The van der Waals surface area contributed by atoms with E-state index in [4.69, 9.17) is 16.7 Å². The summed E-state index contributed by atoms with van der Waals surface area (Å²) in [5.41, 5.74) is 2.65. The SMILES string of the molecule is CN=C(NS(=O)(=O)c1ccccc1)N1CC(c2cccnc2)C(c2ccc(Cl)cc2)=N1. The summed E-state index contributed by atoms with van der Waals surface area (Å²) in [7, 11) is -2.27. The first-order valence-corrected chi connectivity index (χ1v) is 11.4. The number of guanidine groups is 1. The second kappa shape index (κ2) is 8.87. The van der Waals surface area contributed by atoms with Crippen LogP contribution in [-0.4, -0.2) is 43.7 Å². The monoisotopic (exact) mass is 453 g/mol. The lowest BCUT2D eigenvalue weighted by molar-refractivity contribution is 0.462. The zero-order valence-electron chi connectivity index (χ0n) is 16.7. The Balaban J connectivity index is 1.68. The highest BCUT2D eigenvalue weighted by Crippen LogP contribution is 2.29. The predicted molar refractivity (Wildman–Crippen MR) is 122 cm³/mol. The number of nitrogens with one attached hydrogen (secondary N) is 1. The van der Waals surface area contributed by atoms with Crippen LogP contribution < -0.4 is 4.72 Å². The normalized spacial score (nSPS) is 16.8. The lowest BCUT2D eigenvalue weighted by Gasteiger charge is -2.19. The van der Waals surface area contributed by atoms with Gasteiger partial charge in [0.05, 0.1) is 17.2 Å². The van der Waals surface area contributed by atoms with Gasteiger partial charge < -0.3 is 0 Å². The molecule has 9 heteroatoms. The summed E-state index contributed by atoms with van der Waals surface area (Å²) in [6, 6.07) is 19.4. The Morgan fingerprint density at radius 2 is 1.84 bits per heavy atom. The van der Waals surface area contributed by atoms with Crippen LogP contribution in [0, 0.1) is 0 Å². The number of hydrogen-bond donors (Lipinski definition) is 1. The van der Waals surface area contributed by atoms with Gasteiger partial charge >= 0.3 is 0 Å². The number of rotatable bonds is 4. The standard InChI is InChI=1S/C22H20ClN5O2S/c1-24-22(27-31(29,30)19-7-3-2-4-8-19)28-15-20(17-6-5-13-25-14-17)21(26-28)16-9-11-18(23)12-10-16/h2-14,20H,15H2,1H3,(H,24,27). The number of sulfonamides is 1. The van der Waals surface area contributed by atoms with Gasteiger partial charge in [-0.1, -0.05) is 48.0 Å². The van der Waals surface area contributed by atoms with Crippen LogP contribution in [0.3, 0.4) is 0 Å². The van der Waals surface area contributed by atoms with Crippen molar-refractivity contribution in [3.63, 3.8) is 0 Å². The molecule has 7 nitrogen and oxygen atoms in total. The maximum absolute atomic E-state index is 12.8. The number of nitrogens with zero attached hydrogens (tertiary/aromatic N) is 4. The third kappa shape index (κ3) is 4.60. The Kier molecular flexibility index (Phi) is 6.01. The van der Waals surface area contributed by atoms with E-state index in [0.29, 0.717) is 11.6 Å². The first kappa shape index (κ1) is 21.0. The van der Waals surface area contributed by atoms with Crippen molar-refractivity contribution >= 4 is 33.3 Å². The minimum Gasteiger partial charge on any atom is -0.264 e. The molecule has 1 aliphatic heterocycles. The number of aromatic nitrogens is 1. The van der Waals surface area contributed by atoms with Gasteiger partial charge in [0.25, 0.3) is 10.0 Å². The largest absolute Gasteiger partial charge is 0.264 e. The van der Waals surface area contributed by atoms with E-state index in [1.54, 1.807) is 47.7 Å². The molecule has 0 saturated heterocycles. The molecule has 0 amide bonds. The van der Waals surface area contributed by atoms with Crippen molar-refractivity contribution in [2.45, 2.75) is 10.8 Å². The average Bonchev–Trinajstić information content (AvgIpc) is 3.24. The van der Waals surface area contributed by atoms with Gasteiger partial charge in [0.2, 0.25) is 5.96 Å². The molecule has 1 N–H and O–H groups in total. The first-order chi connectivity index (χ1) is 15.0. The zero-order valence-corrected chi connectivity index (χ0v) is 18.3. The summed E-state index contributed by atoms with van der Waals surface area (Å²) >= 11 is 6.05. The number of hydrogen-bond acceptors (Lipinski definition) is 5. The van der Waals surface area contributed by atoms with Crippen LogP contribution in [0.4, 0.5) is 0 Å². The molecule has 158 valence electrons. The van der Waals surface area contributed by atoms with E-state index in [2.05, 4.69) is 14.7 Å². The first-order valence-electron chi connectivity index (χ1n) is 9.54. The molecule has 0 aliphatic carbocycles. The van der Waals surface area contributed by atoms with E-state index in [1.807, 2.05) is 24.3 Å². The molecule has 2 heterocycles. The zero-order chi connectivity index (χ0) is 21.8. The summed E-state index contributed by atoms with van der Waals surface area (Å²) in [6.45, 7) is 0.410. The average molecular weight is 454 g/mol. The Labute approximate surface area is 186 Å². The second-order valence-corrected chi connectivity index (χ2v) is 9.00. The Bertz CT molecular complexity index is 1210. The third-order valence-corrected chi connectivity index (χ3v) is 6.47. The molecule has 0 radical (unpaired) electrons. The summed E-state index contributed by atoms with van der Waals surface area (Å²) in [4.78, 5) is 8.54. The molecule has 0 spiro atoms. The summed E-state index contributed by atoms with van der Waals surface area (Å²) < 4.78 is 28.2. The molecule has 4 rings (SSSR count). The maximum atomic E-state index is 12.8. The van der Waals surface area contributed by atoms with E-state index in [-0.39, 0.29) is 16.8 Å². The molecule has 31 heavy (non-hydrogen) atoms. The minimum atomic E-state index is -3.80. The van der Waals surface area contributed by atoms with Crippen molar-refractivity contribution in [3.8, 4) is 0 Å². The Morgan fingerprint density at radius 3 is 2.48 bits per heavy atom. The van der Waals surface area contributed by atoms with E-state index in [9.17, 15) is 8.42 Å². The summed E-state index contributed by atoms with van der Waals surface area (Å²) in [5.74, 6) is 0.0227. The van der Waals surface area contributed by atoms with Crippen LogP contribution in [0.2, 0.25) is 5.02 Å². The van der Waals surface area contributed by atoms with Crippen LogP contribution in [0.25, 0.3) is 0 Å². The molecular formula is C22H20ClN5O2S. The lowest BCUT2D eigenvalue weighted by Crippen LogP contribution is -2.41. The molecule has 1 aliphatic rings. The van der Waals surface area contributed by atoms with Gasteiger partial charge in [0, 0.05) is 30.4 Å². The minimum absolute atomic E-state index is 0.118. The highest BCUT2D eigenvalue weighted by atomic mass is 35.5. The molecular weight excluding hydrogens is 434 g/mol. The quantitative estimate of drug-likeness (QED) is 0.483. The second-order valence-electron chi connectivity index (χ2n) is 6.88. The van der Waals surface area contributed by atoms with Crippen LogP contribution in [0.1, 0.15) is 17.0 Å². The van der Waals surface area contributed by atoms with Gasteiger partial charge in [0.15, 0.2) is 0 Å². The topological polar surface area (TPSA) is 87.0 Å². The number of halogens is 1. The van der Waals surface area contributed by atoms with E-state index in [0.717, 1.165) is 16.8 Å². The van der Waals surface area contributed by atoms with Crippen LogP contribution in [0.5, 0.6) is 0 Å². The summed E-state index contributed by atoms with van der Waals surface area (Å²) in [6.07, 6.45) is 3.50. The van der Waals surface area contributed by atoms with E-state index < -0.39 is 10.0 Å². The Morgan fingerprint density at radius 1 is 1.10 bits per heavy atom. The van der Waals surface area contributed by atoms with Crippen molar-refractivity contribution in [2.75, 3.05) is 13.6 Å². The smallest absolute Gasteiger partial charge is 0.264 e. The van der Waals surface area contributed by atoms with Gasteiger partial charge in [-0.3, -0.25) is 9.98 Å². The van der Waals surface area contributed by atoms with Gasteiger partial charge in [0.1, 0.15) is 0 Å². The fraction of sp³-hybridized carbons (Fsp3) is 0.136. The molecule has 0 bridgehead atoms. The highest BCUT2D eigenvalue weighted by molar-refractivity contribution is 7.90. The number of aliphatic imine (C=N–C) groups is 1. The fourth-order valence-corrected chi connectivity index (χ4v) is 4.55. The van der Waals surface area contributed by atoms with Gasteiger partial charge in [-0.2, -0.15) is 5.10 Å². The van der Waals surface area contributed by atoms with E-state index >= 15 is 0 Å². The number of benzene rings is 2. The predicted octanol–water partition coefficient (Wildman–Crippen LogP) is 3.50. The van der Waals surface area contributed by atoms with Crippen LogP contribution in [0.15, 0.2) is 94.1 Å². The molecule has 1 unspecified atom stereocenters. The molecule has 1 aromatic heterocycles. The van der Waals surface area contributed by atoms with Gasteiger partial charge in [-0.25, -0.2) is 18.1 Å². The van der Waals surface area contributed by atoms with Crippen molar-refractivity contribution in [1.82, 2.24) is 14.7 Å². The molecule has 0 fully saturated rings. The Hall–Kier alpha value is -3.23. The van der Waals surface area contributed by atoms with Crippen molar-refractivity contribution in [3.05, 3.63) is 95.3 Å². The fourth-order valence-electron chi connectivity index (χ4n) is 3.35. The number of pyridine rings is 1. The molecule has 0 saturated carbocycles. The molecule has 3 aromatic rings. The molecule has 2 aromatic carbocycles. The number of hydrazone groups is 1. The third-order valence-electron chi connectivity index (χ3n) is 4.88. The van der Waals surface area contributed by atoms with Gasteiger partial charge in [-0.15, -0.1) is 0 Å². The van der Waals surface area contributed by atoms with Crippen LogP contribution >= 0.6 is 11.6 Å². The van der Waals surface area contributed by atoms with E-state index in [1.165, 1.54) is 19.2 Å². The summed E-state index contributed by atoms with van der Waals surface area (Å²) in [5, 5.41) is 6.92. The van der Waals surface area contributed by atoms with Gasteiger partial charge in [-0.05, 0) is 41.5 Å².